The third-order valence-electron chi connectivity index (χ3n) is 1.59. The van der Waals surface area contributed by atoms with Gasteiger partial charge in [-0.1, -0.05) is 23.7 Å². The van der Waals surface area contributed by atoms with E-state index in [1.807, 2.05) is 37.4 Å². The van der Waals surface area contributed by atoms with Crippen molar-refractivity contribution in [3.8, 4) is 0 Å². The summed E-state index contributed by atoms with van der Waals surface area (Å²) in [5, 5.41) is 1.83. The van der Waals surface area contributed by atoms with Crippen LogP contribution in [0.2, 0.25) is 5.02 Å². The van der Waals surface area contributed by atoms with E-state index >= 15 is 0 Å². The number of halogens is 2. The molecule has 0 fully saturated rings. The molecule has 4 heteroatoms. The molecule has 0 saturated carbocycles. The zero-order valence-corrected chi connectivity index (χ0v) is 12.1. The van der Waals surface area contributed by atoms with Gasteiger partial charge in [0, 0.05) is 17.1 Å². The molecule has 14 heavy (non-hydrogen) atoms. The molecular weight excluding hydrogens is 329 g/mol. The summed E-state index contributed by atoms with van der Waals surface area (Å²) in [4.78, 5) is 4.38. The predicted octanol–water partition coefficient (Wildman–Crippen LogP) is 4.09. The van der Waals surface area contributed by atoms with E-state index in [4.69, 9.17) is 11.6 Å². The van der Waals surface area contributed by atoms with Crippen LogP contribution in [0, 0.1) is 0 Å². The molecule has 0 bridgehead atoms. The number of hydrogen-bond donors (Lipinski definition) is 0. The Kier molecular flexibility index (Phi) is 7.68. The van der Waals surface area contributed by atoms with Crippen molar-refractivity contribution in [3.05, 3.63) is 34.9 Å². The fourth-order valence-electron chi connectivity index (χ4n) is 1.01. The molecular formula is C10H13ClINS. The topological polar surface area (TPSA) is 12.4 Å². The maximum atomic E-state index is 5.79. The number of benzene rings is 1. The molecule has 1 aromatic carbocycles. The molecule has 0 aliphatic rings. The molecule has 0 aliphatic heterocycles. The standard InChI is InChI=1S/C10H12ClNS.HI/c1-3-12-10(13-2)8-4-6-9(11)7-5-8;/h4-7H,3H2,1-2H3;1H. The Morgan fingerprint density at radius 3 is 2.36 bits per heavy atom. The van der Waals surface area contributed by atoms with Crippen molar-refractivity contribution >= 4 is 52.4 Å². The minimum Gasteiger partial charge on any atom is -0.278 e. The van der Waals surface area contributed by atoms with Gasteiger partial charge in [-0.05, 0) is 25.3 Å². The van der Waals surface area contributed by atoms with E-state index in [2.05, 4.69) is 4.99 Å². The summed E-state index contributed by atoms with van der Waals surface area (Å²) in [5.41, 5.74) is 1.14. The molecule has 0 heterocycles. The molecule has 0 spiro atoms. The van der Waals surface area contributed by atoms with E-state index in [0.717, 1.165) is 22.2 Å². The van der Waals surface area contributed by atoms with Crippen molar-refractivity contribution in [3.63, 3.8) is 0 Å². The first kappa shape index (κ1) is 14.3. The molecule has 1 nitrogen and oxygen atoms in total. The molecule has 0 aromatic heterocycles. The molecule has 0 atom stereocenters. The number of hydrogen-bond acceptors (Lipinski definition) is 2. The summed E-state index contributed by atoms with van der Waals surface area (Å²) in [6.07, 6.45) is 2.03. The highest BCUT2D eigenvalue weighted by Crippen LogP contribution is 2.14. The van der Waals surface area contributed by atoms with Gasteiger partial charge in [0.15, 0.2) is 0 Å². The van der Waals surface area contributed by atoms with Crippen molar-refractivity contribution < 1.29 is 0 Å². The molecule has 0 unspecified atom stereocenters. The smallest absolute Gasteiger partial charge is 0.0973 e. The van der Waals surface area contributed by atoms with E-state index in [1.165, 1.54) is 0 Å². The van der Waals surface area contributed by atoms with Gasteiger partial charge in [0.25, 0.3) is 0 Å². The summed E-state index contributed by atoms with van der Waals surface area (Å²) < 4.78 is 0. The average Bonchev–Trinajstić information content (AvgIpc) is 2.16. The Hall–Kier alpha value is 0.260. The largest absolute Gasteiger partial charge is 0.278 e. The van der Waals surface area contributed by atoms with Gasteiger partial charge in [0.1, 0.15) is 0 Å². The third kappa shape index (κ3) is 4.19. The van der Waals surface area contributed by atoms with Crippen LogP contribution < -0.4 is 0 Å². The van der Waals surface area contributed by atoms with Gasteiger partial charge in [-0.15, -0.1) is 35.7 Å². The summed E-state index contributed by atoms with van der Waals surface area (Å²) in [7, 11) is 0. The predicted molar refractivity (Wildman–Crippen MR) is 77.5 cm³/mol. The Bertz CT molecular complexity index is 297. The lowest BCUT2D eigenvalue weighted by atomic mass is 10.2. The number of rotatable bonds is 2. The number of aliphatic imine (C=N–C) groups is 1. The Morgan fingerprint density at radius 2 is 1.93 bits per heavy atom. The SMILES string of the molecule is CCN=C(SC)c1ccc(Cl)cc1.I. The van der Waals surface area contributed by atoms with Crippen LogP contribution in [0.5, 0.6) is 0 Å². The molecule has 0 amide bonds. The first-order valence-electron chi connectivity index (χ1n) is 4.12. The Balaban J connectivity index is 0.00000169. The molecule has 1 aromatic rings. The Labute approximate surface area is 111 Å². The van der Waals surface area contributed by atoms with E-state index < -0.39 is 0 Å². The van der Waals surface area contributed by atoms with Crippen molar-refractivity contribution in [1.82, 2.24) is 0 Å². The van der Waals surface area contributed by atoms with Crippen molar-refractivity contribution in [2.24, 2.45) is 4.99 Å². The second kappa shape index (κ2) is 7.54. The normalized spacial score (nSPS) is 10.9. The lowest BCUT2D eigenvalue weighted by molar-refractivity contribution is 1.14. The quantitative estimate of drug-likeness (QED) is 0.448. The second-order valence-corrected chi connectivity index (χ2v) is 3.72. The van der Waals surface area contributed by atoms with Crippen LogP contribution in [-0.2, 0) is 0 Å². The maximum Gasteiger partial charge on any atom is 0.0973 e. The minimum atomic E-state index is 0. The lowest BCUT2D eigenvalue weighted by Gasteiger charge is -2.02. The average molecular weight is 342 g/mol. The molecule has 1 rings (SSSR count). The lowest BCUT2D eigenvalue weighted by Crippen LogP contribution is -1.94. The zero-order valence-electron chi connectivity index (χ0n) is 8.16. The highest BCUT2D eigenvalue weighted by atomic mass is 127. The summed E-state index contributed by atoms with van der Waals surface area (Å²) in [5.74, 6) is 0. The van der Waals surface area contributed by atoms with Gasteiger partial charge in [0.2, 0.25) is 0 Å². The van der Waals surface area contributed by atoms with Crippen molar-refractivity contribution in [2.45, 2.75) is 6.92 Å². The van der Waals surface area contributed by atoms with Gasteiger partial charge in [-0.2, -0.15) is 0 Å². The maximum absolute atomic E-state index is 5.79. The highest BCUT2D eigenvalue weighted by molar-refractivity contribution is 14.0. The molecule has 0 saturated heterocycles. The van der Waals surface area contributed by atoms with Crippen LogP contribution >= 0.6 is 47.3 Å². The van der Waals surface area contributed by atoms with Gasteiger partial charge >= 0.3 is 0 Å². The van der Waals surface area contributed by atoms with Crippen LogP contribution in [0.3, 0.4) is 0 Å². The number of thioether (sulfide) groups is 1. The van der Waals surface area contributed by atoms with E-state index in [0.29, 0.717) is 0 Å². The summed E-state index contributed by atoms with van der Waals surface area (Å²) >= 11 is 7.45. The van der Waals surface area contributed by atoms with Gasteiger partial charge in [0.05, 0.1) is 5.04 Å². The van der Waals surface area contributed by atoms with Crippen LogP contribution in [0.25, 0.3) is 0 Å². The first-order chi connectivity index (χ1) is 6.27. The van der Waals surface area contributed by atoms with Gasteiger partial charge < -0.3 is 0 Å². The van der Waals surface area contributed by atoms with Gasteiger partial charge in [-0.25, -0.2) is 0 Å². The highest BCUT2D eigenvalue weighted by Gasteiger charge is 1.99. The first-order valence-corrected chi connectivity index (χ1v) is 5.72. The fraction of sp³-hybridized carbons (Fsp3) is 0.300. The van der Waals surface area contributed by atoms with Crippen molar-refractivity contribution in [2.75, 3.05) is 12.8 Å². The van der Waals surface area contributed by atoms with Crippen LogP contribution in [0.15, 0.2) is 29.3 Å². The van der Waals surface area contributed by atoms with E-state index in [-0.39, 0.29) is 24.0 Å². The minimum absolute atomic E-state index is 0. The summed E-state index contributed by atoms with van der Waals surface area (Å²) in [6, 6.07) is 7.76. The second-order valence-electron chi connectivity index (χ2n) is 2.49. The van der Waals surface area contributed by atoms with Gasteiger partial charge in [-0.3, -0.25) is 4.99 Å². The van der Waals surface area contributed by atoms with Crippen molar-refractivity contribution in [1.29, 1.82) is 0 Å². The molecule has 0 N–H and O–H groups in total. The molecule has 0 radical (unpaired) electrons. The molecule has 0 aliphatic carbocycles. The van der Waals surface area contributed by atoms with E-state index in [9.17, 15) is 0 Å². The number of nitrogens with zero attached hydrogens (tertiary/aromatic N) is 1. The molecule has 78 valence electrons. The monoisotopic (exact) mass is 341 g/mol. The fourth-order valence-corrected chi connectivity index (χ4v) is 1.77. The third-order valence-corrected chi connectivity index (χ3v) is 2.59. The van der Waals surface area contributed by atoms with Crippen LogP contribution in [0.1, 0.15) is 12.5 Å². The van der Waals surface area contributed by atoms with E-state index in [1.54, 1.807) is 11.8 Å². The summed E-state index contributed by atoms with van der Waals surface area (Å²) in [6.45, 7) is 2.85. The Morgan fingerprint density at radius 1 is 1.36 bits per heavy atom. The van der Waals surface area contributed by atoms with Crippen LogP contribution in [0.4, 0.5) is 0 Å². The zero-order chi connectivity index (χ0) is 9.68. The van der Waals surface area contributed by atoms with Crippen LogP contribution in [-0.4, -0.2) is 17.8 Å².